The Morgan fingerprint density at radius 1 is 1.38 bits per heavy atom. The second-order valence-corrected chi connectivity index (χ2v) is 6.44. The number of carboxylic acid groups (broad SMARTS) is 1. The summed E-state index contributed by atoms with van der Waals surface area (Å²) in [4.78, 5) is 24.4. The van der Waals surface area contributed by atoms with Crippen LogP contribution in [0.2, 0.25) is 0 Å². The Bertz CT molecular complexity index is 346. The lowest BCUT2D eigenvalue weighted by molar-refractivity contribution is -0.138. The number of aliphatic carboxylic acids is 1. The number of carboxylic acids is 1. The minimum absolute atomic E-state index is 0.0594. The number of hydrogen-bond acceptors (Lipinski definition) is 2. The van der Waals surface area contributed by atoms with Crippen LogP contribution in [0, 0.1) is 11.8 Å². The molecule has 0 aliphatic heterocycles. The van der Waals surface area contributed by atoms with Gasteiger partial charge in [-0.15, -0.1) is 0 Å². The molecule has 0 bridgehead atoms. The van der Waals surface area contributed by atoms with E-state index in [1.807, 2.05) is 13.8 Å². The summed E-state index contributed by atoms with van der Waals surface area (Å²) in [6.07, 6.45) is 6.86. The Morgan fingerprint density at radius 3 is 2.67 bits per heavy atom. The molecule has 0 saturated heterocycles. The van der Waals surface area contributed by atoms with Gasteiger partial charge in [0.15, 0.2) is 0 Å². The molecule has 0 aromatic heterocycles. The largest absolute Gasteiger partial charge is 0.480 e. The van der Waals surface area contributed by atoms with Gasteiger partial charge in [-0.1, -0.05) is 33.1 Å². The van der Waals surface area contributed by atoms with Crippen LogP contribution in [0.3, 0.4) is 0 Å². The zero-order chi connectivity index (χ0) is 15.8. The van der Waals surface area contributed by atoms with Crippen molar-refractivity contribution in [1.29, 1.82) is 0 Å². The van der Waals surface area contributed by atoms with Crippen LogP contribution >= 0.6 is 0 Å². The fraction of sp³-hybridized carbons (Fsp3) is 0.875. The highest BCUT2D eigenvalue weighted by Gasteiger charge is 2.22. The van der Waals surface area contributed by atoms with E-state index < -0.39 is 5.97 Å². The summed E-state index contributed by atoms with van der Waals surface area (Å²) in [6.45, 7) is 6.54. The van der Waals surface area contributed by atoms with Crippen LogP contribution in [0.5, 0.6) is 0 Å². The molecule has 0 spiro atoms. The van der Waals surface area contributed by atoms with E-state index in [0.29, 0.717) is 12.5 Å². The zero-order valence-corrected chi connectivity index (χ0v) is 13.6. The lowest BCUT2D eigenvalue weighted by Crippen LogP contribution is -2.47. The molecule has 5 heteroatoms. The molecule has 5 nitrogen and oxygen atoms in total. The highest BCUT2D eigenvalue weighted by atomic mass is 16.4. The van der Waals surface area contributed by atoms with Gasteiger partial charge in [0.1, 0.15) is 6.54 Å². The van der Waals surface area contributed by atoms with E-state index in [4.69, 9.17) is 5.11 Å². The molecule has 122 valence electrons. The standard InChI is InChI=1S/C16H30N2O3/c1-4-13(3)18(11-15(19)20)16(21)17-9-8-14-7-5-6-12(2)10-14/h12-14H,4-11H2,1-3H3,(H,17,21)(H,19,20). The highest BCUT2D eigenvalue weighted by Crippen LogP contribution is 2.30. The summed E-state index contributed by atoms with van der Waals surface area (Å²) in [5.74, 6) is 0.528. The maximum Gasteiger partial charge on any atom is 0.323 e. The molecule has 3 unspecified atom stereocenters. The summed E-state index contributed by atoms with van der Waals surface area (Å²) in [6, 6.07) is -0.314. The Kier molecular flexibility index (Phi) is 7.54. The topological polar surface area (TPSA) is 69.6 Å². The first-order valence-corrected chi connectivity index (χ1v) is 8.20. The van der Waals surface area contributed by atoms with Crippen molar-refractivity contribution in [2.45, 2.75) is 65.3 Å². The van der Waals surface area contributed by atoms with Gasteiger partial charge in [0.05, 0.1) is 0 Å². The Hall–Kier alpha value is -1.26. The quantitative estimate of drug-likeness (QED) is 0.759. The molecular weight excluding hydrogens is 268 g/mol. The van der Waals surface area contributed by atoms with Crippen molar-refractivity contribution in [3.63, 3.8) is 0 Å². The van der Waals surface area contributed by atoms with Crippen LogP contribution in [0.15, 0.2) is 0 Å². The molecule has 1 fully saturated rings. The third-order valence-electron chi connectivity index (χ3n) is 4.56. The molecular formula is C16H30N2O3. The number of urea groups is 1. The SMILES string of the molecule is CCC(C)N(CC(=O)O)C(=O)NCCC1CCCC(C)C1. The predicted octanol–water partition coefficient (Wildman–Crippen LogP) is 3.10. The number of amides is 2. The van der Waals surface area contributed by atoms with E-state index in [0.717, 1.165) is 18.8 Å². The van der Waals surface area contributed by atoms with Crippen LogP contribution in [0.25, 0.3) is 0 Å². The van der Waals surface area contributed by atoms with E-state index in [2.05, 4.69) is 12.2 Å². The molecule has 1 saturated carbocycles. The molecule has 1 rings (SSSR count). The van der Waals surface area contributed by atoms with E-state index in [-0.39, 0.29) is 18.6 Å². The summed E-state index contributed by atoms with van der Waals surface area (Å²) in [5, 5.41) is 11.8. The number of nitrogens with one attached hydrogen (secondary N) is 1. The normalized spacial score (nSPS) is 23.4. The van der Waals surface area contributed by atoms with Crippen molar-refractivity contribution >= 4 is 12.0 Å². The summed E-state index contributed by atoms with van der Waals surface area (Å²) >= 11 is 0. The molecule has 0 radical (unpaired) electrons. The Morgan fingerprint density at radius 2 is 2.10 bits per heavy atom. The molecule has 1 aliphatic carbocycles. The van der Waals surface area contributed by atoms with Gasteiger partial charge in [-0.05, 0) is 38.0 Å². The molecule has 2 N–H and O–H groups in total. The van der Waals surface area contributed by atoms with Crippen LogP contribution < -0.4 is 5.32 Å². The molecule has 2 amide bonds. The highest BCUT2D eigenvalue weighted by molar-refractivity contribution is 5.80. The molecule has 0 aromatic carbocycles. The predicted molar refractivity (Wildman–Crippen MR) is 83.2 cm³/mol. The number of carbonyl (C=O) groups excluding carboxylic acids is 1. The maximum absolute atomic E-state index is 12.1. The smallest absolute Gasteiger partial charge is 0.323 e. The minimum atomic E-state index is -0.966. The first-order valence-electron chi connectivity index (χ1n) is 8.20. The zero-order valence-electron chi connectivity index (χ0n) is 13.6. The number of rotatable bonds is 7. The van der Waals surface area contributed by atoms with Crippen molar-refractivity contribution in [3.8, 4) is 0 Å². The molecule has 21 heavy (non-hydrogen) atoms. The molecule has 1 aliphatic rings. The summed E-state index contributed by atoms with van der Waals surface area (Å²) in [7, 11) is 0. The fourth-order valence-electron chi connectivity index (χ4n) is 3.10. The first-order chi connectivity index (χ1) is 9.93. The van der Waals surface area contributed by atoms with Crippen LogP contribution in [0.4, 0.5) is 4.79 Å². The van der Waals surface area contributed by atoms with Crippen LogP contribution in [-0.4, -0.2) is 41.1 Å². The third-order valence-corrected chi connectivity index (χ3v) is 4.56. The van der Waals surface area contributed by atoms with Gasteiger partial charge in [-0.3, -0.25) is 4.79 Å². The van der Waals surface area contributed by atoms with Crippen LogP contribution in [0.1, 0.15) is 59.3 Å². The average molecular weight is 298 g/mol. The van der Waals surface area contributed by atoms with Crippen LogP contribution in [-0.2, 0) is 4.79 Å². The van der Waals surface area contributed by atoms with Crippen molar-refractivity contribution in [2.24, 2.45) is 11.8 Å². The van der Waals surface area contributed by atoms with Gasteiger partial charge < -0.3 is 15.3 Å². The average Bonchev–Trinajstić information content (AvgIpc) is 2.43. The van der Waals surface area contributed by atoms with Gasteiger partial charge in [0, 0.05) is 12.6 Å². The molecule has 0 aromatic rings. The second kappa shape index (κ2) is 8.90. The molecule has 0 heterocycles. The van der Waals surface area contributed by atoms with Crippen molar-refractivity contribution in [3.05, 3.63) is 0 Å². The second-order valence-electron chi connectivity index (χ2n) is 6.44. The van der Waals surface area contributed by atoms with Crippen molar-refractivity contribution in [2.75, 3.05) is 13.1 Å². The van der Waals surface area contributed by atoms with Gasteiger partial charge >= 0.3 is 12.0 Å². The lowest BCUT2D eigenvalue weighted by Gasteiger charge is -2.29. The lowest BCUT2D eigenvalue weighted by atomic mass is 9.81. The first kappa shape index (κ1) is 17.8. The van der Waals surface area contributed by atoms with E-state index in [9.17, 15) is 9.59 Å². The van der Waals surface area contributed by atoms with E-state index in [1.165, 1.54) is 30.6 Å². The summed E-state index contributed by atoms with van der Waals surface area (Å²) < 4.78 is 0. The summed E-state index contributed by atoms with van der Waals surface area (Å²) in [5.41, 5.74) is 0. The van der Waals surface area contributed by atoms with Gasteiger partial charge in [0.2, 0.25) is 0 Å². The molecule has 3 atom stereocenters. The van der Waals surface area contributed by atoms with Gasteiger partial charge in [0.25, 0.3) is 0 Å². The fourth-order valence-corrected chi connectivity index (χ4v) is 3.10. The van der Waals surface area contributed by atoms with Crippen molar-refractivity contribution in [1.82, 2.24) is 10.2 Å². The maximum atomic E-state index is 12.1. The third kappa shape index (κ3) is 6.36. The monoisotopic (exact) mass is 298 g/mol. The Balaban J connectivity index is 2.37. The minimum Gasteiger partial charge on any atom is -0.480 e. The number of carbonyl (C=O) groups is 2. The van der Waals surface area contributed by atoms with Gasteiger partial charge in [-0.2, -0.15) is 0 Å². The van der Waals surface area contributed by atoms with E-state index >= 15 is 0 Å². The number of hydrogen-bond donors (Lipinski definition) is 2. The number of nitrogens with zero attached hydrogens (tertiary/aromatic N) is 1. The Labute approximate surface area is 128 Å². The van der Waals surface area contributed by atoms with Crippen molar-refractivity contribution < 1.29 is 14.7 Å². The van der Waals surface area contributed by atoms with Gasteiger partial charge in [-0.25, -0.2) is 4.79 Å². The van der Waals surface area contributed by atoms with E-state index in [1.54, 1.807) is 0 Å².